The first-order valence-corrected chi connectivity index (χ1v) is 5.82. The minimum Gasteiger partial charge on any atom is -0.506 e. The Morgan fingerprint density at radius 2 is 2.24 bits per heavy atom. The second-order valence-electron chi connectivity index (χ2n) is 4.37. The Bertz CT molecular complexity index is 461. The number of benzene rings is 1. The van der Waals surface area contributed by atoms with Crippen LogP contribution in [-0.2, 0) is 4.79 Å². The lowest BCUT2D eigenvalue weighted by atomic mass is 9.98. The van der Waals surface area contributed by atoms with E-state index < -0.39 is 11.9 Å². The zero-order valence-corrected chi connectivity index (χ0v) is 10.2. The molecule has 3 N–H and O–H groups in total. The predicted molar refractivity (Wildman–Crippen MR) is 64.3 cm³/mol. The largest absolute Gasteiger partial charge is 0.506 e. The number of carbonyl (C=O) groups is 1. The van der Waals surface area contributed by atoms with Gasteiger partial charge in [0.05, 0.1) is 10.9 Å². The molecule has 0 amide bonds. The number of halogens is 1. The van der Waals surface area contributed by atoms with Gasteiger partial charge in [0.2, 0.25) is 0 Å². The quantitative estimate of drug-likeness (QED) is 0.757. The van der Waals surface area contributed by atoms with E-state index >= 15 is 0 Å². The zero-order valence-electron chi connectivity index (χ0n) is 9.40. The summed E-state index contributed by atoms with van der Waals surface area (Å²) < 4.78 is 0. The fourth-order valence-electron chi connectivity index (χ4n) is 2.12. The third-order valence-corrected chi connectivity index (χ3v) is 3.67. The predicted octanol–water partition coefficient (Wildman–Crippen LogP) is 2.09. The summed E-state index contributed by atoms with van der Waals surface area (Å²) in [5.74, 6) is -1.16. The van der Waals surface area contributed by atoms with Gasteiger partial charge in [-0.1, -0.05) is 23.7 Å². The van der Waals surface area contributed by atoms with Crippen molar-refractivity contribution in [3.63, 3.8) is 0 Å². The SMILES string of the molecule is Cc1ccc(C2CC(C(=O)O)CN2)c(O)c1Cl. The summed E-state index contributed by atoms with van der Waals surface area (Å²) >= 11 is 5.97. The van der Waals surface area contributed by atoms with E-state index in [0.29, 0.717) is 23.6 Å². The summed E-state index contributed by atoms with van der Waals surface area (Å²) in [6, 6.07) is 3.47. The van der Waals surface area contributed by atoms with Crippen LogP contribution in [0.5, 0.6) is 5.75 Å². The van der Waals surface area contributed by atoms with E-state index in [-0.39, 0.29) is 11.8 Å². The summed E-state index contributed by atoms with van der Waals surface area (Å²) in [6.07, 6.45) is 0.474. The molecule has 5 heteroatoms. The number of hydrogen-bond acceptors (Lipinski definition) is 3. The first-order valence-electron chi connectivity index (χ1n) is 5.45. The van der Waals surface area contributed by atoms with E-state index in [2.05, 4.69) is 5.32 Å². The van der Waals surface area contributed by atoms with Crippen molar-refractivity contribution in [2.45, 2.75) is 19.4 Å². The number of aliphatic carboxylic acids is 1. The molecule has 0 radical (unpaired) electrons. The average molecular weight is 256 g/mol. The molecule has 2 unspecified atom stereocenters. The Morgan fingerprint density at radius 3 is 2.82 bits per heavy atom. The molecule has 0 aromatic heterocycles. The van der Waals surface area contributed by atoms with Crippen LogP contribution in [0.15, 0.2) is 12.1 Å². The minimum absolute atomic E-state index is 0.0511. The normalized spacial score (nSPS) is 23.9. The summed E-state index contributed by atoms with van der Waals surface area (Å²) in [5.41, 5.74) is 1.48. The Morgan fingerprint density at radius 1 is 1.53 bits per heavy atom. The van der Waals surface area contributed by atoms with Crippen molar-refractivity contribution >= 4 is 17.6 Å². The van der Waals surface area contributed by atoms with Crippen molar-refractivity contribution in [1.29, 1.82) is 0 Å². The van der Waals surface area contributed by atoms with Crippen LogP contribution in [0, 0.1) is 12.8 Å². The van der Waals surface area contributed by atoms with Gasteiger partial charge < -0.3 is 15.5 Å². The van der Waals surface area contributed by atoms with Crippen LogP contribution in [0.2, 0.25) is 5.02 Å². The number of carboxylic acid groups (broad SMARTS) is 1. The lowest BCUT2D eigenvalue weighted by Crippen LogP contribution is -2.17. The molecule has 0 saturated carbocycles. The molecular formula is C12H14ClNO3. The van der Waals surface area contributed by atoms with Gasteiger partial charge in [-0.25, -0.2) is 0 Å². The smallest absolute Gasteiger partial charge is 0.307 e. The van der Waals surface area contributed by atoms with Gasteiger partial charge >= 0.3 is 5.97 Å². The van der Waals surface area contributed by atoms with Crippen LogP contribution < -0.4 is 5.32 Å². The van der Waals surface area contributed by atoms with Crippen LogP contribution >= 0.6 is 11.6 Å². The van der Waals surface area contributed by atoms with Crippen molar-refractivity contribution in [2.75, 3.05) is 6.54 Å². The monoisotopic (exact) mass is 255 g/mol. The molecule has 0 bridgehead atoms. The van der Waals surface area contributed by atoms with E-state index in [1.807, 2.05) is 13.0 Å². The van der Waals surface area contributed by atoms with Crippen LogP contribution in [0.4, 0.5) is 0 Å². The number of phenolic OH excluding ortho intramolecular Hbond substituents is 1. The number of phenols is 1. The highest BCUT2D eigenvalue weighted by molar-refractivity contribution is 6.32. The van der Waals surface area contributed by atoms with Gasteiger partial charge in [-0.15, -0.1) is 0 Å². The highest BCUT2D eigenvalue weighted by Crippen LogP contribution is 2.38. The van der Waals surface area contributed by atoms with Crippen molar-refractivity contribution < 1.29 is 15.0 Å². The maximum atomic E-state index is 10.9. The number of hydrogen-bond donors (Lipinski definition) is 3. The second kappa shape index (κ2) is 4.55. The maximum Gasteiger partial charge on any atom is 0.307 e. The molecule has 1 aromatic carbocycles. The fourth-order valence-corrected chi connectivity index (χ4v) is 2.29. The first-order chi connectivity index (χ1) is 8.00. The molecule has 1 heterocycles. The topological polar surface area (TPSA) is 69.6 Å². The average Bonchev–Trinajstić information content (AvgIpc) is 2.75. The molecule has 1 fully saturated rings. The van der Waals surface area contributed by atoms with Gasteiger partial charge in [-0.3, -0.25) is 4.79 Å². The van der Waals surface area contributed by atoms with Gasteiger partial charge in [0, 0.05) is 18.2 Å². The van der Waals surface area contributed by atoms with E-state index in [4.69, 9.17) is 16.7 Å². The lowest BCUT2D eigenvalue weighted by molar-refractivity contribution is -0.141. The van der Waals surface area contributed by atoms with E-state index in [0.717, 1.165) is 5.56 Å². The van der Waals surface area contributed by atoms with Gasteiger partial charge in [-0.05, 0) is 18.9 Å². The third kappa shape index (κ3) is 2.23. The molecule has 0 aliphatic carbocycles. The Kier molecular flexibility index (Phi) is 3.26. The van der Waals surface area contributed by atoms with Crippen molar-refractivity contribution in [3.8, 4) is 5.75 Å². The Hall–Kier alpha value is -1.26. The molecule has 1 aliphatic rings. The third-order valence-electron chi connectivity index (χ3n) is 3.20. The molecule has 2 rings (SSSR count). The van der Waals surface area contributed by atoms with Gasteiger partial charge in [0.1, 0.15) is 5.75 Å². The summed E-state index contributed by atoms with van der Waals surface area (Å²) in [5, 5.41) is 22.3. The number of aryl methyl sites for hydroxylation is 1. The van der Waals surface area contributed by atoms with Crippen LogP contribution in [0.3, 0.4) is 0 Å². The molecule has 4 nitrogen and oxygen atoms in total. The molecule has 1 aromatic rings. The summed E-state index contributed by atoms with van der Waals surface area (Å²) in [6.45, 7) is 2.24. The maximum absolute atomic E-state index is 10.9. The molecule has 17 heavy (non-hydrogen) atoms. The molecule has 0 spiro atoms. The zero-order chi connectivity index (χ0) is 12.6. The van der Waals surface area contributed by atoms with Gasteiger partial charge in [0.15, 0.2) is 0 Å². The number of nitrogens with one attached hydrogen (secondary N) is 1. The first kappa shape index (κ1) is 12.2. The van der Waals surface area contributed by atoms with Crippen LogP contribution in [-0.4, -0.2) is 22.7 Å². The van der Waals surface area contributed by atoms with E-state index in [1.165, 1.54) is 0 Å². The van der Waals surface area contributed by atoms with Crippen molar-refractivity contribution in [3.05, 3.63) is 28.3 Å². The molecule has 1 saturated heterocycles. The minimum atomic E-state index is -0.808. The summed E-state index contributed by atoms with van der Waals surface area (Å²) in [7, 11) is 0. The van der Waals surface area contributed by atoms with Gasteiger partial charge in [-0.2, -0.15) is 0 Å². The number of aromatic hydroxyl groups is 1. The number of carboxylic acids is 1. The fraction of sp³-hybridized carbons (Fsp3) is 0.417. The Labute approximate surface area is 104 Å². The van der Waals surface area contributed by atoms with E-state index in [9.17, 15) is 9.90 Å². The van der Waals surface area contributed by atoms with Crippen LogP contribution in [0.25, 0.3) is 0 Å². The standard InChI is InChI=1S/C12H14ClNO3/c1-6-2-3-8(11(15)10(6)13)9-4-7(5-14-9)12(16)17/h2-3,7,9,14-15H,4-5H2,1H3,(H,16,17). The van der Waals surface area contributed by atoms with Gasteiger partial charge in [0.25, 0.3) is 0 Å². The highest BCUT2D eigenvalue weighted by atomic mass is 35.5. The van der Waals surface area contributed by atoms with Crippen molar-refractivity contribution in [2.24, 2.45) is 5.92 Å². The second-order valence-corrected chi connectivity index (χ2v) is 4.74. The van der Waals surface area contributed by atoms with Crippen molar-refractivity contribution in [1.82, 2.24) is 5.32 Å². The lowest BCUT2D eigenvalue weighted by Gasteiger charge is -2.14. The molecule has 1 aliphatic heterocycles. The van der Waals surface area contributed by atoms with Crippen LogP contribution in [0.1, 0.15) is 23.6 Å². The highest BCUT2D eigenvalue weighted by Gasteiger charge is 2.31. The molecule has 92 valence electrons. The number of rotatable bonds is 2. The Balaban J connectivity index is 2.25. The molecular weight excluding hydrogens is 242 g/mol. The summed E-state index contributed by atoms with van der Waals surface area (Å²) in [4.78, 5) is 10.9. The molecule has 2 atom stereocenters. The van der Waals surface area contributed by atoms with E-state index in [1.54, 1.807) is 6.07 Å².